The van der Waals surface area contributed by atoms with Gasteiger partial charge >= 0.3 is 0 Å². The standard InChI is InChI=1S/C16H19BrN2O/c17-15-7-6-12(16-14(15)5-3-8-19-16)10-18-11-13-4-1-2-9-20-13/h3,5-8,13,18H,1-2,4,9-11H2. The molecule has 1 fully saturated rings. The minimum Gasteiger partial charge on any atom is -0.377 e. The minimum absolute atomic E-state index is 0.374. The number of rotatable bonds is 4. The monoisotopic (exact) mass is 334 g/mol. The van der Waals surface area contributed by atoms with Gasteiger partial charge in [0.05, 0.1) is 11.6 Å². The van der Waals surface area contributed by atoms with Gasteiger partial charge in [-0.2, -0.15) is 0 Å². The van der Waals surface area contributed by atoms with E-state index >= 15 is 0 Å². The van der Waals surface area contributed by atoms with E-state index in [2.05, 4.69) is 44.4 Å². The van der Waals surface area contributed by atoms with Crippen molar-refractivity contribution < 1.29 is 4.74 Å². The number of halogens is 1. The van der Waals surface area contributed by atoms with Crippen LogP contribution in [-0.2, 0) is 11.3 Å². The molecule has 1 N–H and O–H groups in total. The third kappa shape index (κ3) is 3.19. The Balaban J connectivity index is 1.67. The molecule has 2 heterocycles. The van der Waals surface area contributed by atoms with Crippen LogP contribution in [0.15, 0.2) is 34.9 Å². The van der Waals surface area contributed by atoms with Crippen LogP contribution >= 0.6 is 15.9 Å². The van der Waals surface area contributed by atoms with Gasteiger partial charge in [-0.25, -0.2) is 0 Å². The average molecular weight is 335 g/mol. The second-order valence-electron chi connectivity index (χ2n) is 5.23. The smallest absolute Gasteiger partial charge is 0.0758 e. The molecule has 1 atom stereocenters. The van der Waals surface area contributed by atoms with Crippen LogP contribution in [0.3, 0.4) is 0 Å². The van der Waals surface area contributed by atoms with Crippen LogP contribution in [0.4, 0.5) is 0 Å². The second-order valence-corrected chi connectivity index (χ2v) is 6.08. The Morgan fingerprint density at radius 2 is 2.25 bits per heavy atom. The van der Waals surface area contributed by atoms with Crippen molar-refractivity contribution in [2.45, 2.75) is 31.9 Å². The van der Waals surface area contributed by atoms with Crippen molar-refractivity contribution in [3.05, 3.63) is 40.5 Å². The van der Waals surface area contributed by atoms with Crippen LogP contribution in [0.25, 0.3) is 10.9 Å². The maximum Gasteiger partial charge on any atom is 0.0758 e. The number of aromatic nitrogens is 1. The van der Waals surface area contributed by atoms with E-state index in [-0.39, 0.29) is 0 Å². The number of nitrogens with zero attached hydrogens (tertiary/aromatic N) is 1. The van der Waals surface area contributed by atoms with Crippen molar-refractivity contribution in [2.75, 3.05) is 13.2 Å². The highest BCUT2D eigenvalue weighted by molar-refractivity contribution is 9.10. The van der Waals surface area contributed by atoms with Crippen LogP contribution in [0.5, 0.6) is 0 Å². The summed E-state index contributed by atoms with van der Waals surface area (Å²) in [5, 5.41) is 4.67. The maximum absolute atomic E-state index is 5.74. The second kappa shape index (κ2) is 6.66. The van der Waals surface area contributed by atoms with Crippen LogP contribution in [0.2, 0.25) is 0 Å². The molecule has 0 saturated carbocycles. The molecule has 106 valence electrons. The summed E-state index contributed by atoms with van der Waals surface area (Å²) in [6.45, 7) is 2.67. The predicted octanol–water partition coefficient (Wildman–Crippen LogP) is 3.66. The van der Waals surface area contributed by atoms with Crippen molar-refractivity contribution in [3.63, 3.8) is 0 Å². The summed E-state index contributed by atoms with van der Waals surface area (Å²) >= 11 is 3.58. The number of hydrogen-bond acceptors (Lipinski definition) is 3. The SMILES string of the molecule is Brc1ccc(CNCC2CCCCO2)c2ncccc12. The molecular formula is C16H19BrN2O. The first-order chi connectivity index (χ1) is 9.84. The summed E-state index contributed by atoms with van der Waals surface area (Å²) in [5.74, 6) is 0. The summed E-state index contributed by atoms with van der Waals surface area (Å²) in [7, 11) is 0. The Kier molecular flexibility index (Phi) is 4.65. The summed E-state index contributed by atoms with van der Waals surface area (Å²) in [5.41, 5.74) is 2.30. The van der Waals surface area contributed by atoms with E-state index in [1.807, 2.05) is 12.3 Å². The Morgan fingerprint density at radius 1 is 1.30 bits per heavy atom. The molecule has 1 aliphatic rings. The molecule has 4 heteroatoms. The fourth-order valence-electron chi connectivity index (χ4n) is 2.68. The zero-order chi connectivity index (χ0) is 13.8. The molecule has 3 rings (SSSR count). The van der Waals surface area contributed by atoms with Gasteiger partial charge in [-0.15, -0.1) is 0 Å². The lowest BCUT2D eigenvalue weighted by molar-refractivity contribution is 0.0168. The molecule has 3 nitrogen and oxygen atoms in total. The Bertz CT molecular complexity index is 582. The Hall–Kier alpha value is -0.970. The number of benzene rings is 1. The van der Waals surface area contributed by atoms with Crippen molar-refractivity contribution in [1.82, 2.24) is 10.3 Å². The lowest BCUT2D eigenvalue weighted by Gasteiger charge is -2.22. The molecule has 2 aromatic rings. The van der Waals surface area contributed by atoms with E-state index in [4.69, 9.17) is 4.74 Å². The summed E-state index contributed by atoms with van der Waals surface area (Å²) in [6.07, 6.45) is 5.89. The zero-order valence-corrected chi connectivity index (χ0v) is 13.0. The number of hydrogen-bond donors (Lipinski definition) is 1. The third-order valence-corrected chi connectivity index (χ3v) is 4.45. The van der Waals surface area contributed by atoms with Gasteiger partial charge < -0.3 is 10.1 Å². The molecule has 1 saturated heterocycles. The number of nitrogens with one attached hydrogen (secondary N) is 1. The molecule has 1 aromatic carbocycles. The van der Waals surface area contributed by atoms with Crippen molar-refractivity contribution >= 4 is 26.8 Å². The van der Waals surface area contributed by atoms with Crippen molar-refractivity contribution in [3.8, 4) is 0 Å². The first kappa shape index (κ1) is 14.0. The van der Waals surface area contributed by atoms with Gasteiger partial charge in [0, 0.05) is 35.8 Å². The first-order valence-electron chi connectivity index (χ1n) is 7.19. The highest BCUT2D eigenvalue weighted by atomic mass is 79.9. The van der Waals surface area contributed by atoms with Crippen LogP contribution < -0.4 is 5.32 Å². The lowest BCUT2D eigenvalue weighted by Crippen LogP contribution is -2.31. The van der Waals surface area contributed by atoms with Gasteiger partial charge in [0.15, 0.2) is 0 Å². The van der Waals surface area contributed by atoms with Gasteiger partial charge in [0.25, 0.3) is 0 Å². The summed E-state index contributed by atoms with van der Waals surface area (Å²) in [4.78, 5) is 4.51. The van der Waals surface area contributed by atoms with Gasteiger partial charge in [-0.1, -0.05) is 28.1 Å². The van der Waals surface area contributed by atoms with Crippen LogP contribution in [-0.4, -0.2) is 24.2 Å². The fourth-order valence-corrected chi connectivity index (χ4v) is 3.13. The van der Waals surface area contributed by atoms with E-state index in [1.54, 1.807) is 0 Å². The molecular weight excluding hydrogens is 316 g/mol. The highest BCUT2D eigenvalue weighted by Crippen LogP contribution is 2.25. The largest absolute Gasteiger partial charge is 0.377 e. The van der Waals surface area contributed by atoms with Gasteiger partial charge in [-0.3, -0.25) is 4.98 Å². The summed E-state index contributed by atoms with van der Waals surface area (Å²) in [6, 6.07) is 8.30. The van der Waals surface area contributed by atoms with Crippen LogP contribution in [0, 0.1) is 0 Å². The molecule has 0 radical (unpaired) electrons. The van der Waals surface area contributed by atoms with E-state index in [0.717, 1.165) is 29.7 Å². The van der Waals surface area contributed by atoms with Crippen LogP contribution in [0.1, 0.15) is 24.8 Å². The summed E-state index contributed by atoms with van der Waals surface area (Å²) < 4.78 is 6.83. The van der Waals surface area contributed by atoms with E-state index in [1.165, 1.54) is 30.2 Å². The fraction of sp³-hybridized carbons (Fsp3) is 0.438. The van der Waals surface area contributed by atoms with E-state index in [9.17, 15) is 0 Å². The first-order valence-corrected chi connectivity index (χ1v) is 7.98. The van der Waals surface area contributed by atoms with E-state index < -0.39 is 0 Å². The number of fused-ring (bicyclic) bond motifs is 1. The molecule has 1 aliphatic heterocycles. The molecule has 1 unspecified atom stereocenters. The van der Waals surface area contributed by atoms with E-state index in [0.29, 0.717) is 6.10 Å². The normalized spacial score (nSPS) is 19.4. The third-order valence-electron chi connectivity index (χ3n) is 3.76. The minimum atomic E-state index is 0.374. The van der Waals surface area contributed by atoms with Gasteiger partial charge in [0.1, 0.15) is 0 Å². The zero-order valence-electron chi connectivity index (χ0n) is 11.4. The van der Waals surface area contributed by atoms with Crippen molar-refractivity contribution in [2.24, 2.45) is 0 Å². The molecule has 0 spiro atoms. The predicted molar refractivity (Wildman–Crippen MR) is 84.7 cm³/mol. The lowest BCUT2D eigenvalue weighted by atomic mass is 10.1. The van der Waals surface area contributed by atoms with Gasteiger partial charge in [-0.05, 0) is 37.0 Å². The topological polar surface area (TPSA) is 34.1 Å². The molecule has 0 amide bonds. The maximum atomic E-state index is 5.74. The molecule has 0 aliphatic carbocycles. The Labute approximate surface area is 127 Å². The number of pyridine rings is 1. The highest BCUT2D eigenvalue weighted by Gasteiger charge is 2.13. The van der Waals surface area contributed by atoms with Gasteiger partial charge in [0.2, 0.25) is 0 Å². The average Bonchev–Trinajstić information content (AvgIpc) is 2.51. The number of ether oxygens (including phenoxy) is 1. The molecule has 0 bridgehead atoms. The van der Waals surface area contributed by atoms with Crippen molar-refractivity contribution in [1.29, 1.82) is 0 Å². The quantitative estimate of drug-likeness (QED) is 0.926. The Morgan fingerprint density at radius 3 is 3.10 bits per heavy atom. The molecule has 20 heavy (non-hydrogen) atoms. The molecule has 1 aromatic heterocycles.